The van der Waals surface area contributed by atoms with Crippen molar-refractivity contribution in [2.45, 2.75) is 17.9 Å². The minimum atomic E-state index is -3.96. The van der Waals surface area contributed by atoms with E-state index in [1.165, 1.54) is 11.8 Å². The zero-order valence-corrected chi connectivity index (χ0v) is 15.7. The molecule has 1 aromatic rings. The van der Waals surface area contributed by atoms with Gasteiger partial charge in [0.2, 0.25) is 0 Å². The third kappa shape index (κ3) is 2.23. The maximum Gasteiger partial charge on any atom is 0.184 e. The van der Waals surface area contributed by atoms with Crippen LogP contribution in [0.15, 0.2) is 22.3 Å². The molecule has 0 bridgehead atoms. The fourth-order valence-electron chi connectivity index (χ4n) is 3.94. The van der Waals surface area contributed by atoms with E-state index in [0.717, 1.165) is 0 Å². The molecule has 4 rings (SSSR count). The molecule has 0 spiro atoms. The van der Waals surface area contributed by atoms with Gasteiger partial charge in [-0.15, -0.1) is 0 Å². The Morgan fingerprint density at radius 1 is 1.19 bits per heavy atom. The summed E-state index contributed by atoms with van der Waals surface area (Å²) in [5.41, 5.74) is -0.259. The van der Waals surface area contributed by atoms with Gasteiger partial charge in [0.25, 0.3) is 0 Å². The molecule has 1 fully saturated rings. The summed E-state index contributed by atoms with van der Waals surface area (Å²) in [4.78, 5) is 9.27. The van der Waals surface area contributed by atoms with Crippen molar-refractivity contribution in [3.63, 3.8) is 0 Å². The van der Waals surface area contributed by atoms with Crippen LogP contribution >= 0.6 is 0 Å². The van der Waals surface area contributed by atoms with Gasteiger partial charge in [0.15, 0.2) is 15.7 Å². The van der Waals surface area contributed by atoms with Crippen molar-refractivity contribution in [3.05, 3.63) is 35.2 Å². The van der Waals surface area contributed by atoms with Gasteiger partial charge >= 0.3 is 0 Å². The van der Waals surface area contributed by atoms with Crippen LogP contribution in [0, 0.1) is 18.6 Å². The molecule has 0 aliphatic carbocycles. The van der Waals surface area contributed by atoms with Crippen LogP contribution in [0.4, 0.5) is 14.5 Å². The minimum Gasteiger partial charge on any atom is -0.349 e. The van der Waals surface area contributed by atoms with E-state index in [1.54, 1.807) is 7.05 Å². The predicted molar refractivity (Wildman–Crippen MR) is 95.2 cm³/mol. The molecule has 0 N–H and O–H groups in total. The fraction of sp³-hybridized carbons (Fsp3) is 0.471. The summed E-state index contributed by atoms with van der Waals surface area (Å²) in [7, 11) is -0.499. The van der Waals surface area contributed by atoms with Crippen molar-refractivity contribution < 1.29 is 17.2 Å². The van der Waals surface area contributed by atoms with Gasteiger partial charge in [0, 0.05) is 32.2 Å². The van der Waals surface area contributed by atoms with E-state index in [4.69, 9.17) is 0 Å². The second-order valence-electron chi connectivity index (χ2n) is 7.11. The predicted octanol–water partition coefficient (Wildman–Crippen LogP) is 1.34. The number of anilines is 1. The summed E-state index contributed by atoms with van der Waals surface area (Å²) in [6, 6.07) is -0.378. The third-order valence-corrected chi connectivity index (χ3v) is 7.22. The lowest BCUT2D eigenvalue weighted by atomic mass is 10.0. The van der Waals surface area contributed by atoms with Gasteiger partial charge in [-0.2, -0.15) is 0 Å². The van der Waals surface area contributed by atoms with E-state index in [0.29, 0.717) is 31.3 Å². The molecule has 0 saturated carbocycles. The van der Waals surface area contributed by atoms with Gasteiger partial charge < -0.3 is 14.7 Å². The number of benzene rings is 1. The lowest BCUT2D eigenvalue weighted by Crippen LogP contribution is -2.56. The summed E-state index contributed by atoms with van der Waals surface area (Å²) in [6.07, 6.45) is 0. The van der Waals surface area contributed by atoms with E-state index in [1.807, 2.05) is 16.8 Å². The molecule has 140 valence electrons. The largest absolute Gasteiger partial charge is 0.349 e. The van der Waals surface area contributed by atoms with Crippen LogP contribution in [0.25, 0.3) is 0 Å². The number of sulfone groups is 1. The van der Waals surface area contributed by atoms with Crippen LogP contribution in [-0.2, 0) is 9.84 Å². The van der Waals surface area contributed by atoms with Crippen molar-refractivity contribution in [2.75, 3.05) is 44.4 Å². The van der Waals surface area contributed by atoms with E-state index in [9.17, 15) is 17.2 Å². The molecule has 6 nitrogen and oxygen atoms in total. The summed E-state index contributed by atoms with van der Waals surface area (Å²) in [6.45, 7) is 6.85. The Bertz CT molecular complexity index is 974. The zero-order chi connectivity index (χ0) is 19.0. The standard InChI is InChI=1S/C17H20F2N4O2S/c1-9-13(18)15-12-16(14(9)19)26(24,25)8-11-7-21(3)5-6-23(11)17(12)20-10(2)22(15)4/h11H,2,5-8H2,1,3-4H3. The number of rotatable bonds is 0. The molecule has 0 aromatic heterocycles. The summed E-state index contributed by atoms with van der Waals surface area (Å²) < 4.78 is 56.0. The number of hydrogen-bond acceptors (Lipinski definition) is 6. The molecule has 1 aromatic carbocycles. The maximum atomic E-state index is 15.0. The Balaban J connectivity index is 2.11. The first kappa shape index (κ1) is 17.4. The van der Waals surface area contributed by atoms with Gasteiger partial charge in [0.05, 0.1) is 23.0 Å². The molecule has 1 saturated heterocycles. The fourth-order valence-corrected chi connectivity index (χ4v) is 5.83. The zero-order valence-electron chi connectivity index (χ0n) is 14.9. The Hall–Kier alpha value is -2.00. The minimum absolute atomic E-state index is 0.0209. The van der Waals surface area contributed by atoms with Crippen LogP contribution in [0.5, 0.6) is 0 Å². The SMILES string of the molecule is C=C1N=C2c3c(c(F)c(C)c(F)c3S(=O)(=O)CC3CN(C)CCN23)N1C. The highest BCUT2D eigenvalue weighted by atomic mass is 32.2. The van der Waals surface area contributed by atoms with Crippen LogP contribution in [0.2, 0.25) is 0 Å². The number of aliphatic imine (C=N–C) groups is 1. The van der Waals surface area contributed by atoms with Gasteiger partial charge in [0.1, 0.15) is 22.4 Å². The molecule has 0 amide bonds. The van der Waals surface area contributed by atoms with Crippen molar-refractivity contribution in [1.29, 1.82) is 0 Å². The third-order valence-electron chi connectivity index (χ3n) is 5.39. The van der Waals surface area contributed by atoms with Crippen molar-refractivity contribution >= 4 is 21.4 Å². The summed E-state index contributed by atoms with van der Waals surface area (Å²) >= 11 is 0. The maximum absolute atomic E-state index is 15.0. The monoisotopic (exact) mass is 382 g/mol. The molecule has 1 atom stereocenters. The number of nitrogens with zero attached hydrogens (tertiary/aromatic N) is 4. The Kier molecular flexibility index (Phi) is 3.68. The Morgan fingerprint density at radius 3 is 2.58 bits per heavy atom. The van der Waals surface area contributed by atoms with E-state index < -0.39 is 26.4 Å². The number of amidine groups is 1. The normalized spacial score (nSPS) is 24.7. The van der Waals surface area contributed by atoms with Crippen molar-refractivity contribution in [1.82, 2.24) is 9.80 Å². The molecule has 1 unspecified atom stereocenters. The average Bonchev–Trinajstić information content (AvgIpc) is 2.64. The lowest BCUT2D eigenvalue weighted by Gasteiger charge is -2.42. The first-order chi connectivity index (χ1) is 12.1. The molecule has 3 heterocycles. The molecule has 26 heavy (non-hydrogen) atoms. The van der Waals surface area contributed by atoms with Crippen LogP contribution in [0.3, 0.4) is 0 Å². The molecular weight excluding hydrogens is 362 g/mol. The summed E-state index contributed by atoms with van der Waals surface area (Å²) in [5.74, 6) is -1.44. The quantitative estimate of drug-likeness (QED) is 0.634. The van der Waals surface area contributed by atoms with Crippen molar-refractivity contribution in [2.24, 2.45) is 4.99 Å². The van der Waals surface area contributed by atoms with Crippen LogP contribution in [-0.4, -0.2) is 69.6 Å². The number of fused-ring (bicyclic) bond motifs is 2. The second-order valence-corrected chi connectivity index (χ2v) is 9.08. The number of likely N-dealkylation sites (N-methyl/N-ethyl adjacent to an activating group) is 1. The van der Waals surface area contributed by atoms with Gasteiger partial charge in [-0.25, -0.2) is 22.2 Å². The topological polar surface area (TPSA) is 56.2 Å². The first-order valence-corrected chi connectivity index (χ1v) is 10.00. The molecule has 0 radical (unpaired) electrons. The van der Waals surface area contributed by atoms with Crippen LogP contribution < -0.4 is 4.90 Å². The van der Waals surface area contributed by atoms with Gasteiger partial charge in [-0.3, -0.25) is 0 Å². The second kappa shape index (κ2) is 5.50. The molecule has 9 heteroatoms. The molecule has 3 aliphatic heterocycles. The van der Waals surface area contributed by atoms with Crippen molar-refractivity contribution in [3.8, 4) is 0 Å². The molecule has 3 aliphatic rings. The van der Waals surface area contributed by atoms with E-state index in [2.05, 4.69) is 11.6 Å². The smallest absolute Gasteiger partial charge is 0.184 e. The number of hydrogen-bond donors (Lipinski definition) is 0. The lowest BCUT2D eigenvalue weighted by molar-refractivity contribution is 0.164. The highest BCUT2D eigenvalue weighted by Gasteiger charge is 2.45. The number of piperazine rings is 1. The molecular formula is C17H20F2N4O2S. The summed E-state index contributed by atoms with van der Waals surface area (Å²) in [5, 5.41) is 0. The average molecular weight is 382 g/mol. The van der Waals surface area contributed by atoms with Gasteiger partial charge in [-0.05, 0) is 14.0 Å². The van der Waals surface area contributed by atoms with E-state index in [-0.39, 0.29) is 28.6 Å². The van der Waals surface area contributed by atoms with E-state index >= 15 is 0 Å². The highest BCUT2D eigenvalue weighted by molar-refractivity contribution is 7.91. The van der Waals surface area contributed by atoms with Crippen LogP contribution in [0.1, 0.15) is 11.1 Å². The Labute approximate surface area is 151 Å². The number of halogens is 2. The first-order valence-electron chi connectivity index (χ1n) is 8.34. The highest BCUT2D eigenvalue weighted by Crippen LogP contribution is 2.42. The Morgan fingerprint density at radius 2 is 1.88 bits per heavy atom. The van der Waals surface area contributed by atoms with Gasteiger partial charge in [-0.1, -0.05) is 6.58 Å².